The molecule has 0 spiro atoms. The number of amides is 1. The highest BCUT2D eigenvalue weighted by Gasteiger charge is 2.12. The van der Waals surface area contributed by atoms with Gasteiger partial charge in [-0.15, -0.1) is 0 Å². The van der Waals surface area contributed by atoms with Crippen molar-refractivity contribution in [3.8, 4) is 5.75 Å². The van der Waals surface area contributed by atoms with Crippen molar-refractivity contribution in [2.24, 2.45) is 4.99 Å². The smallest absolute Gasteiger partial charge is 0.410 e. The lowest BCUT2D eigenvalue weighted by molar-refractivity contribution is 0.206. The monoisotopic (exact) mass is 248 g/mol. The average molecular weight is 248 g/mol. The normalized spacial score (nSPS) is 12.1. The first-order valence-corrected chi connectivity index (χ1v) is 6.03. The predicted octanol–water partition coefficient (Wildman–Crippen LogP) is 3.38. The van der Waals surface area contributed by atoms with E-state index < -0.39 is 6.09 Å². The number of nitrogens with one attached hydrogen (secondary N) is 1. The van der Waals surface area contributed by atoms with Gasteiger partial charge in [0.15, 0.2) is 0 Å². The molecule has 0 saturated heterocycles. The molecule has 0 aliphatic rings. The molecule has 4 nitrogen and oxygen atoms in total. The molecular formula is C14H20N2O2. The van der Waals surface area contributed by atoms with E-state index in [0.717, 1.165) is 0 Å². The summed E-state index contributed by atoms with van der Waals surface area (Å²) in [6.07, 6.45) is 0.146. The molecule has 0 aromatic heterocycles. The van der Waals surface area contributed by atoms with Crippen LogP contribution in [0.3, 0.4) is 0 Å². The third-order valence-corrected chi connectivity index (χ3v) is 2.01. The van der Waals surface area contributed by atoms with Crippen molar-refractivity contribution in [2.45, 2.75) is 39.7 Å². The van der Waals surface area contributed by atoms with Crippen LogP contribution in [0.25, 0.3) is 0 Å². The highest BCUT2D eigenvalue weighted by atomic mass is 16.6. The number of hydrogen-bond donors (Lipinski definition) is 1. The lowest BCUT2D eigenvalue weighted by Crippen LogP contribution is -2.34. The Morgan fingerprint density at radius 3 is 2.39 bits per heavy atom. The second kappa shape index (κ2) is 6.19. The van der Waals surface area contributed by atoms with E-state index in [4.69, 9.17) is 4.74 Å². The molecule has 0 unspecified atom stereocenters. The van der Waals surface area contributed by atoms with Crippen LogP contribution >= 0.6 is 0 Å². The second-order valence-electron chi connectivity index (χ2n) is 4.91. The number of carbonyl (C=O) groups excluding carboxylic acids is 1. The quantitative estimate of drug-likeness (QED) is 0.644. The Labute approximate surface area is 108 Å². The van der Waals surface area contributed by atoms with Gasteiger partial charge in [0, 0.05) is 6.42 Å². The molecule has 1 aromatic rings. The van der Waals surface area contributed by atoms with E-state index in [9.17, 15) is 4.79 Å². The van der Waals surface area contributed by atoms with Crippen molar-refractivity contribution >= 4 is 11.9 Å². The maximum atomic E-state index is 11.7. The third-order valence-electron chi connectivity index (χ3n) is 2.01. The Morgan fingerprint density at radius 2 is 1.89 bits per heavy atom. The first kappa shape index (κ1) is 14.2. The fraction of sp³-hybridized carbons (Fsp3) is 0.429. The molecule has 1 rings (SSSR count). The fourth-order valence-electron chi connectivity index (χ4n) is 1.34. The maximum Gasteiger partial charge on any atom is 0.418 e. The number of hydrogen-bond acceptors (Lipinski definition) is 3. The molecule has 0 atom stereocenters. The number of rotatable bonds is 2. The van der Waals surface area contributed by atoms with Crippen LogP contribution in [0.15, 0.2) is 35.3 Å². The van der Waals surface area contributed by atoms with Crippen LogP contribution in [0.1, 0.15) is 34.1 Å². The van der Waals surface area contributed by atoms with Crippen molar-refractivity contribution in [3.63, 3.8) is 0 Å². The van der Waals surface area contributed by atoms with E-state index in [-0.39, 0.29) is 5.54 Å². The van der Waals surface area contributed by atoms with E-state index in [1.165, 1.54) is 0 Å². The lowest BCUT2D eigenvalue weighted by Gasteiger charge is -2.15. The molecule has 4 heteroatoms. The minimum atomic E-state index is -0.508. The fourth-order valence-corrected chi connectivity index (χ4v) is 1.34. The molecule has 0 aliphatic heterocycles. The molecule has 1 amide bonds. The van der Waals surface area contributed by atoms with Crippen molar-refractivity contribution in [2.75, 3.05) is 0 Å². The third kappa shape index (κ3) is 5.48. The Balaban J connectivity index is 2.61. The van der Waals surface area contributed by atoms with Crippen molar-refractivity contribution < 1.29 is 9.53 Å². The van der Waals surface area contributed by atoms with Crippen LogP contribution in [-0.4, -0.2) is 17.5 Å². The van der Waals surface area contributed by atoms with Gasteiger partial charge in [0.2, 0.25) is 0 Å². The maximum absolute atomic E-state index is 11.7. The Bertz CT molecular complexity index is 419. The Kier molecular flexibility index (Phi) is 4.89. The van der Waals surface area contributed by atoms with Crippen molar-refractivity contribution in [1.82, 2.24) is 5.32 Å². The molecule has 0 bridgehead atoms. The summed E-state index contributed by atoms with van der Waals surface area (Å²) in [5, 5.41) is 2.66. The number of amidine groups is 1. The number of aliphatic imine (C=N–C) groups is 1. The van der Waals surface area contributed by atoms with Gasteiger partial charge in [-0.3, -0.25) is 10.3 Å². The molecule has 98 valence electrons. The Morgan fingerprint density at radius 1 is 1.28 bits per heavy atom. The highest BCUT2D eigenvalue weighted by molar-refractivity contribution is 5.96. The first-order valence-electron chi connectivity index (χ1n) is 6.03. The first-order chi connectivity index (χ1) is 8.40. The van der Waals surface area contributed by atoms with Crippen molar-refractivity contribution in [3.05, 3.63) is 30.3 Å². The van der Waals surface area contributed by atoms with Gasteiger partial charge < -0.3 is 4.74 Å². The number of nitrogens with zero attached hydrogens (tertiary/aromatic N) is 1. The minimum absolute atomic E-state index is 0.217. The molecule has 18 heavy (non-hydrogen) atoms. The van der Waals surface area contributed by atoms with Gasteiger partial charge in [0.1, 0.15) is 11.6 Å². The van der Waals surface area contributed by atoms with Crippen LogP contribution in [-0.2, 0) is 0 Å². The van der Waals surface area contributed by atoms with Gasteiger partial charge in [0.25, 0.3) is 0 Å². The van der Waals surface area contributed by atoms with Crippen LogP contribution in [0.4, 0.5) is 4.79 Å². The van der Waals surface area contributed by atoms with Gasteiger partial charge in [-0.25, -0.2) is 4.79 Å². The van der Waals surface area contributed by atoms with Crippen LogP contribution in [0, 0.1) is 0 Å². The summed E-state index contributed by atoms with van der Waals surface area (Å²) in [6.45, 7) is 7.87. The summed E-state index contributed by atoms with van der Waals surface area (Å²) < 4.78 is 5.13. The zero-order valence-electron chi connectivity index (χ0n) is 11.4. The van der Waals surface area contributed by atoms with E-state index in [1.807, 2.05) is 45.9 Å². The number of benzene rings is 1. The predicted molar refractivity (Wildman–Crippen MR) is 73.1 cm³/mol. The van der Waals surface area contributed by atoms with E-state index >= 15 is 0 Å². The van der Waals surface area contributed by atoms with Crippen LogP contribution < -0.4 is 10.1 Å². The standard InChI is InChI=1S/C14H20N2O2/c1-5-12(16-14(2,3)4)15-13(17)18-11-9-7-6-8-10-11/h6-10H,5H2,1-4H3,(H,15,16,17). The number of para-hydroxylation sites is 1. The van der Waals surface area contributed by atoms with Gasteiger partial charge in [0.05, 0.1) is 5.54 Å². The van der Waals surface area contributed by atoms with Gasteiger partial charge in [-0.2, -0.15) is 0 Å². The minimum Gasteiger partial charge on any atom is -0.410 e. The van der Waals surface area contributed by atoms with Crippen molar-refractivity contribution in [1.29, 1.82) is 0 Å². The lowest BCUT2D eigenvalue weighted by atomic mass is 10.1. The topological polar surface area (TPSA) is 50.7 Å². The molecule has 0 saturated carbocycles. The van der Waals surface area contributed by atoms with Gasteiger partial charge >= 0.3 is 6.09 Å². The van der Waals surface area contributed by atoms with E-state index in [1.54, 1.807) is 12.1 Å². The second-order valence-corrected chi connectivity index (χ2v) is 4.91. The molecule has 0 radical (unpaired) electrons. The number of carbonyl (C=O) groups is 1. The molecule has 0 aliphatic carbocycles. The number of ether oxygens (including phenoxy) is 1. The summed E-state index contributed by atoms with van der Waals surface area (Å²) in [4.78, 5) is 16.1. The molecule has 0 heterocycles. The summed E-state index contributed by atoms with van der Waals surface area (Å²) >= 11 is 0. The Hall–Kier alpha value is -1.84. The molecule has 1 N–H and O–H groups in total. The molecule has 0 fully saturated rings. The SMILES string of the molecule is CCC(=NC(C)(C)C)NC(=O)Oc1ccccc1. The molecule has 1 aromatic carbocycles. The largest absolute Gasteiger partial charge is 0.418 e. The zero-order valence-corrected chi connectivity index (χ0v) is 11.4. The van der Waals surface area contributed by atoms with Gasteiger partial charge in [-0.05, 0) is 32.9 Å². The van der Waals surface area contributed by atoms with E-state index in [0.29, 0.717) is 18.0 Å². The average Bonchev–Trinajstić information content (AvgIpc) is 2.27. The highest BCUT2D eigenvalue weighted by Crippen LogP contribution is 2.09. The zero-order chi connectivity index (χ0) is 13.6. The summed E-state index contributed by atoms with van der Waals surface area (Å²) in [5.74, 6) is 1.14. The molecular weight excluding hydrogens is 228 g/mol. The van der Waals surface area contributed by atoms with Crippen LogP contribution in [0.5, 0.6) is 5.75 Å². The van der Waals surface area contributed by atoms with Gasteiger partial charge in [-0.1, -0.05) is 25.1 Å². The summed E-state index contributed by atoms with van der Waals surface area (Å²) in [5.41, 5.74) is -0.217. The summed E-state index contributed by atoms with van der Waals surface area (Å²) in [6, 6.07) is 8.95. The van der Waals surface area contributed by atoms with Crippen LogP contribution in [0.2, 0.25) is 0 Å². The van der Waals surface area contributed by atoms with E-state index in [2.05, 4.69) is 10.3 Å². The summed E-state index contributed by atoms with van der Waals surface area (Å²) in [7, 11) is 0.